The van der Waals surface area contributed by atoms with Gasteiger partial charge in [-0.15, -0.1) is 0 Å². The molecule has 1 heterocycles. The van der Waals surface area contributed by atoms with E-state index >= 15 is 0 Å². The molecular weight excluding hydrogens is 269 g/mol. The maximum Gasteiger partial charge on any atom is 0.275 e. The molecule has 1 aromatic heterocycles. The van der Waals surface area contributed by atoms with Gasteiger partial charge < -0.3 is 5.32 Å². The van der Waals surface area contributed by atoms with Gasteiger partial charge in [-0.05, 0) is 12.1 Å². The maximum absolute atomic E-state index is 13.5. The molecule has 2 rings (SSSR count). The van der Waals surface area contributed by atoms with Crippen molar-refractivity contribution in [3.8, 4) is 0 Å². The second-order valence-electron chi connectivity index (χ2n) is 3.59. The molecular formula is C12H10FN3O2S. The van der Waals surface area contributed by atoms with Gasteiger partial charge >= 0.3 is 0 Å². The molecule has 0 amide bonds. The Balaban J connectivity index is 2.37. The fraction of sp³-hybridized carbons (Fsp3) is 0.0833. The number of nitro groups is 1. The Labute approximate surface area is 113 Å². The molecule has 0 spiro atoms. The number of rotatable bonds is 4. The van der Waals surface area contributed by atoms with E-state index in [1.807, 2.05) is 0 Å². The Morgan fingerprint density at radius 2 is 2.11 bits per heavy atom. The van der Waals surface area contributed by atoms with Crippen LogP contribution in [-0.2, 0) is 0 Å². The molecule has 7 heteroatoms. The fourth-order valence-electron chi connectivity index (χ4n) is 1.42. The standard InChI is InChI=1S/C12H10FN3O2S/c1-14-11-6-8(16(17)18)7-12(15-11)19-10-5-3-2-4-9(10)13/h2-7H,1H3,(H,14,15). The van der Waals surface area contributed by atoms with Gasteiger partial charge in [-0.2, -0.15) is 0 Å². The first-order valence-electron chi connectivity index (χ1n) is 5.37. The third-order valence-corrected chi connectivity index (χ3v) is 3.27. The molecule has 0 fully saturated rings. The summed E-state index contributed by atoms with van der Waals surface area (Å²) in [5.41, 5.74) is -0.0850. The highest BCUT2D eigenvalue weighted by molar-refractivity contribution is 7.99. The van der Waals surface area contributed by atoms with Crippen molar-refractivity contribution < 1.29 is 9.31 Å². The highest BCUT2D eigenvalue weighted by atomic mass is 32.2. The summed E-state index contributed by atoms with van der Waals surface area (Å²) in [6.45, 7) is 0. The number of hydrogen-bond acceptors (Lipinski definition) is 5. The number of aromatic nitrogens is 1. The van der Waals surface area contributed by atoms with Crippen molar-refractivity contribution in [3.63, 3.8) is 0 Å². The molecule has 0 aliphatic carbocycles. The first kappa shape index (κ1) is 13.3. The van der Waals surface area contributed by atoms with Gasteiger partial charge in [-0.1, -0.05) is 23.9 Å². The SMILES string of the molecule is CNc1cc([N+](=O)[O-])cc(Sc2ccccc2F)n1. The zero-order valence-electron chi connectivity index (χ0n) is 9.96. The van der Waals surface area contributed by atoms with Crippen molar-refractivity contribution in [3.05, 3.63) is 52.3 Å². The number of nitrogens with one attached hydrogen (secondary N) is 1. The summed E-state index contributed by atoms with van der Waals surface area (Å²) < 4.78 is 13.5. The number of nitrogens with zero attached hydrogens (tertiary/aromatic N) is 2. The van der Waals surface area contributed by atoms with E-state index in [0.29, 0.717) is 15.7 Å². The second kappa shape index (κ2) is 5.66. The van der Waals surface area contributed by atoms with Crippen LogP contribution in [0.25, 0.3) is 0 Å². The largest absolute Gasteiger partial charge is 0.373 e. The van der Waals surface area contributed by atoms with Gasteiger partial charge in [-0.3, -0.25) is 10.1 Å². The lowest BCUT2D eigenvalue weighted by molar-refractivity contribution is -0.385. The Hall–Kier alpha value is -2.15. The fourth-order valence-corrected chi connectivity index (χ4v) is 2.28. The second-order valence-corrected chi connectivity index (χ2v) is 4.65. The molecule has 1 aromatic carbocycles. The van der Waals surface area contributed by atoms with E-state index in [-0.39, 0.29) is 11.5 Å². The van der Waals surface area contributed by atoms with Crippen LogP contribution in [0.15, 0.2) is 46.3 Å². The molecule has 0 aliphatic rings. The van der Waals surface area contributed by atoms with Crippen LogP contribution in [0, 0.1) is 15.9 Å². The highest BCUT2D eigenvalue weighted by Crippen LogP contribution is 2.31. The topological polar surface area (TPSA) is 68.1 Å². The average Bonchev–Trinajstić information content (AvgIpc) is 2.41. The molecule has 0 radical (unpaired) electrons. The van der Waals surface area contributed by atoms with E-state index in [9.17, 15) is 14.5 Å². The van der Waals surface area contributed by atoms with Crippen molar-refractivity contribution in [2.45, 2.75) is 9.92 Å². The molecule has 0 unspecified atom stereocenters. The van der Waals surface area contributed by atoms with Gasteiger partial charge in [0, 0.05) is 18.0 Å². The van der Waals surface area contributed by atoms with Gasteiger partial charge in [0.15, 0.2) is 0 Å². The lowest BCUT2D eigenvalue weighted by Crippen LogP contribution is -1.97. The van der Waals surface area contributed by atoms with Gasteiger partial charge in [0.25, 0.3) is 5.69 Å². The lowest BCUT2D eigenvalue weighted by atomic mass is 10.3. The van der Waals surface area contributed by atoms with Crippen molar-refractivity contribution in [1.82, 2.24) is 4.98 Å². The van der Waals surface area contributed by atoms with Crippen LogP contribution in [0.1, 0.15) is 0 Å². The summed E-state index contributed by atoms with van der Waals surface area (Å²) in [5, 5.41) is 13.9. The van der Waals surface area contributed by atoms with E-state index < -0.39 is 4.92 Å². The number of pyridine rings is 1. The number of halogens is 1. The predicted molar refractivity (Wildman–Crippen MR) is 71.0 cm³/mol. The average molecular weight is 279 g/mol. The Kier molecular flexibility index (Phi) is 3.96. The van der Waals surface area contributed by atoms with Gasteiger partial charge in [0.05, 0.1) is 11.0 Å². The van der Waals surface area contributed by atoms with Crippen LogP contribution in [0.4, 0.5) is 15.9 Å². The molecule has 0 saturated heterocycles. The van der Waals surface area contributed by atoms with Crippen molar-refractivity contribution in [2.24, 2.45) is 0 Å². The Morgan fingerprint density at radius 1 is 1.37 bits per heavy atom. The van der Waals surface area contributed by atoms with Crippen LogP contribution < -0.4 is 5.32 Å². The Bertz CT molecular complexity index is 622. The summed E-state index contributed by atoms with van der Waals surface area (Å²) in [4.78, 5) is 14.8. The summed E-state index contributed by atoms with van der Waals surface area (Å²) in [5.74, 6) is -0.0140. The van der Waals surface area contributed by atoms with Gasteiger partial charge in [-0.25, -0.2) is 9.37 Å². The number of hydrogen-bond donors (Lipinski definition) is 1. The first-order valence-corrected chi connectivity index (χ1v) is 6.18. The Morgan fingerprint density at radius 3 is 2.74 bits per heavy atom. The number of benzene rings is 1. The molecule has 0 aliphatic heterocycles. The first-order chi connectivity index (χ1) is 9.10. The molecule has 5 nitrogen and oxygen atoms in total. The maximum atomic E-state index is 13.5. The third kappa shape index (κ3) is 3.19. The van der Waals surface area contributed by atoms with Crippen LogP contribution >= 0.6 is 11.8 Å². The summed E-state index contributed by atoms with van der Waals surface area (Å²) >= 11 is 1.04. The summed E-state index contributed by atoms with van der Waals surface area (Å²) in [7, 11) is 1.61. The quantitative estimate of drug-likeness (QED) is 0.686. The molecule has 2 aromatic rings. The normalized spacial score (nSPS) is 10.2. The van der Waals surface area contributed by atoms with E-state index in [4.69, 9.17) is 0 Å². The molecule has 0 saturated carbocycles. The summed E-state index contributed by atoms with van der Waals surface area (Å²) in [6.07, 6.45) is 0. The lowest BCUT2D eigenvalue weighted by Gasteiger charge is -2.05. The molecule has 19 heavy (non-hydrogen) atoms. The van der Waals surface area contributed by atoms with Crippen molar-refractivity contribution in [2.75, 3.05) is 12.4 Å². The monoisotopic (exact) mass is 279 g/mol. The van der Waals surface area contributed by atoms with Crippen molar-refractivity contribution >= 4 is 23.3 Å². The molecule has 1 N–H and O–H groups in total. The minimum Gasteiger partial charge on any atom is -0.373 e. The zero-order chi connectivity index (χ0) is 13.8. The van der Waals surface area contributed by atoms with Crippen molar-refractivity contribution in [1.29, 1.82) is 0 Å². The van der Waals surface area contributed by atoms with Crippen LogP contribution in [0.3, 0.4) is 0 Å². The van der Waals surface area contributed by atoms with E-state index in [1.165, 1.54) is 18.2 Å². The molecule has 98 valence electrons. The summed E-state index contributed by atoms with van der Waals surface area (Å²) in [6, 6.07) is 8.85. The van der Waals surface area contributed by atoms with Gasteiger partial charge in [0.1, 0.15) is 16.7 Å². The minimum atomic E-state index is -0.506. The van der Waals surface area contributed by atoms with Gasteiger partial charge in [0.2, 0.25) is 0 Å². The van der Waals surface area contributed by atoms with Crippen LogP contribution in [0.5, 0.6) is 0 Å². The third-order valence-electron chi connectivity index (χ3n) is 2.30. The van der Waals surface area contributed by atoms with E-state index in [0.717, 1.165) is 11.8 Å². The zero-order valence-corrected chi connectivity index (χ0v) is 10.8. The van der Waals surface area contributed by atoms with E-state index in [1.54, 1.807) is 25.2 Å². The molecule has 0 atom stereocenters. The smallest absolute Gasteiger partial charge is 0.275 e. The van der Waals surface area contributed by atoms with Crippen LogP contribution in [0.2, 0.25) is 0 Å². The van der Waals surface area contributed by atoms with Crippen LogP contribution in [-0.4, -0.2) is 17.0 Å². The van der Waals surface area contributed by atoms with E-state index in [2.05, 4.69) is 10.3 Å². The minimum absolute atomic E-state index is 0.0850. The number of anilines is 1. The molecule has 0 bridgehead atoms. The predicted octanol–water partition coefficient (Wildman–Crippen LogP) is 3.32. The highest BCUT2D eigenvalue weighted by Gasteiger charge is 2.12.